The van der Waals surface area contributed by atoms with Crippen molar-refractivity contribution < 1.29 is 19.1 Å². The zero-order valence-corrected chi connectivity index (χ0v) is 16.0. The van der Waals surface area contributed by atoms with Gasteiger partial charge in [0, 0.05) is 5.56 Å². The monoisotopic (exact) mass is 400 g/mol. The number of benzene rings is 2. The molecule has 0 atom stereocenters. The lowest BCUT2D eigenvalue weighted by Gasteiger charge is -2.17. The Labute approximate surface area is 165 Å². The van der Waals surface area contributed by atoms with Gasteiger partial charge in [-0.2, -0.15) is 0 Å². The lowest BCUT2D eigenvalue weighted by molar-refractivity contribution is -0.120. The molecule has 1 saturated heterocycles. The highest BCUT2D eigenvalue weighted by Crippen LogP contribution is 2.40. The predicted molar refractivity (Wildman–Crippen MR) is 110 cm³/mol. The molecule has 0 aromatic heterocycles. The number of methoxy groups -OCH3 is 1. The van der Waals surface area contributed by atoms with Crippen LogP contribution >= 0.6 is 24.0 Å². The van der Waals surface area contributed by atoms with Crippen molar-refractivity contribution in [2.75, 3.05) is 18.6 Å². The fraction of sp³-hybridized carbons (Fsp3) is 0.105. The molecule has 2 amide bonds. The number of carbonyl (C=O) groups is 2. The molecule has 0 saturated carbocycles. The predicted octanol–water partition coefficient (Wildman–Crippen LogP) is 2.97. The summed E-state index contributed by atoms with van der Waals surface area (Å²) in [5, 5.41) is 0. The van der Waals surface area contributed by atoms with E-state index in [0.29, 0.717) is 32.0 Å². The van der Waals surface area contributed by atoms with E-state index in [1.165, 1.54) is 16.7 Å². The van der Waals surface area contributed by atoms with E-state index in [-0.39, 0.29) is 12.5 Å². The van der Waals surface area contributed by atoms with E-state index in [1.807, 2.05) is 18.2 Å². The molecule has 1 heterocycles. The third-order valence-corrected chi connectivity index (χ3v) is 5.00. The van der Waals surface area contributed by atoms with Gasteiger partial charge < -0.3 is 15.2 Å². The summed E-state index contributed by atoms with van der Waals surface area (Å²) in [7, 11) is 1.54. The van der Waals surface area contributed by atoms with Gasteiger partial charge in [0.15, 0.2) is 10.9 Å². The van der Waals surface area contributed by atoms with Gasteiger partial charge in [-0.05, 0) is 24.3 Å². The quantitative estimate of drug-likeness (QED) is 0.593. The molecule has 0 unspecified atom stereocenters. The van der Waals surface area contributed by atoms with Crippen molar-refractivity contribution in [1.82, 2.24) is 0 Å². The average Bonchev–Trinajstić information content (AvgIpc) is 2.94. The van der Waals surface area contributed by atoms with Gasteiger partial charge in [-0.25, -0.2) is 0 Å². The summed E-state index contributed by atoms with van der Waals surface area (Å²) in [6, 6.07) is 14.2. The first-order chi connectivity index (χ1) is 13.0. The van der Waals surface area contributed by atoms with Crippen molar-refractivity contribution in [3.05, 3.63) is 59.0 Å². The van der Waals surface area contributed by atoms with Crippen LogP contribution in [0.5, 0.6) is 11.5 Å². The van der Waals surface area contributed by atoms with Gasteiger partial charge in [-0.3, -0.25) is 14.5 Å². The van der Waals surface area contributed by atoms with E-state index < -0.39 is 5.91 Å². The molecular formula is C19H16N2O4S2. The topological polar surface area (TPSA) is 81.9 Å². The lowest BCUT2D eigenvalue weighted by Crippen LogP contribution is -2.27. The van der Waals surface area contributed by atoms with Crippen molar-refractivity contribution in [3.8, 4) is 11.5 Å². The van der Waals surface area contributed by atoms with Crippen LogP contribution in [0, 0.1) is 0 Å². The summed E-state index contributed by atoms with van der Waals surface area (Å²) in [5.74, 6) is 0.186. The van der Waals surface area contributed by atoms with Crippen LogP contribution in [0.25, 0.3) is 6.08 Å². The van der Waals surface area contributed by atoms with Crippen molar-refractivity contribution >= 4 is 51.9 Å². The van der Waals surface area contributed by atoms with E-state index in [0.717, 1.165) is 0 Å². The first-order valence-corrected chi connectivity index (χ1v) is 9.15. The minimum Gasteiger partial charge on any atom is -0.495 e. The Morgan fingerprint density at radius 3 is 2.56 bits per heavy atom. The molecule has 3 rings (SSSR count). The SMILES string of the molecule is COc1ccccc1N1C(=O)/C(=C\c2ccccc2OCC(N)=O)SC1=S. The number of hydrogen-bond acceptors (Lipinski definition) is 6. The average molecular weight is 400 g/mol. The van der Waals surface area contributed by atoms with E-state index >= 15 is 0 Å². The fourth-order valence-electron chi connectivity index (χ4n) is 2.51. The van der Waals surface area contributed by atoms with Crippen LogP contribution in [-0.2, 0) is 9.59 Å². The number of rotatable bonds is 6. The largest absolute Gasteiger partial charge is 0.495 e. The van der Waals surface area contributed by atoms with Crippen molar-refractivity contribution in [2.45, 2.75) is 0 Å². The Balaban J connectivity index is 1.93. The number of thioether (sulfide) groups is 1. The second kappa shape index (κ2) is 8.24. The van der Waals surface area contributed by atoms with Crippen LogP contribution in [-0.4, -0.2) is 29.9 Å². The molecule has 2 N–H and O–H groups in total. The zero-order chi connectivity index (χ0) is 19.4. The van der Waals surface area contributed by atoms with Gasteiger partial charge >= 0.3 is 0 Å². The van der Waals surface area contributed by atoms with Gasteiger partial charge in [0.05, 0.1) is 17.7 Å². The first-order valence-electron chi connectivity index (χ1n) is 7.92. The molecule has 1 fully saturated rings. The third kappa shape index (κ3) is 4.12. The van der Waals surface area contributed by atoms with Gasteiger partial charge in [-0.1, -0.05) is 54.3 Å². The molecule has 6 nitrogen and oxygen atoms in total. The third-order valence-electron chi connectivity index (χ3n) is 3.70. The maximum absolute atomic E-state index is 12.9. The Morgan fingerprint density at radius 2 is 1.85 bits per heavy atom. The Kier molecular flexibility index (Phi) is 5.78. The highest BCUT2D eigenvalue weighted by molar-refractivity contribution is 8.27. The molecule has 8 heteroatoms. The van der Waals surface area contributed by atoms with Crippen LogP contribution in [0.1, 0.15) is 5.56 Å². The minimum absolute atomic E-state index is 0.243. The molecule has 0 bridgehead atoms. The Bertz CT molecular complexity index is 943. The summed E-state index contributed by atoms with van der Waals surface area (Å²) >= 11 is 6.59. The number of ether oxygens (including phenoxy) is 2. The highest BCUT2D eigenvalue weighted by Gasteiger charge is 2.35. The summed E-state index contributed by atoms with van der Waals surface area (Å²) in [5.41, 5.74) is 6.37. The number of thiocarbonyl (C=S) groups is 1. The number of para-hydroxylation sites is 3. The summed E-state index contributed by atoms with van der Waals surface area (Å²) < 4.78 is 11.2. The second-order valence-electron chi connectivity index (χ2n) is 5.48. The van der Waals surface area contributed by atoms with Crippen LogP contribution in [0.4, 0.5) is 5.69 Å². The molecule has 138 valence electrons. The van der Waals surface area contributed by atoms with E-state index in [9.17, 15) is 9.59 Å². The molecule has 0 spiro atoms. The van der Waals surface area contributed by atoms with Crippen molar-refractivity contribution in [1.29, 1.82) is 0 Å². The molecule has 1 aliphatic rings. The molecule has 2 aromatic rings. The summed E-state index contributed by atoms with van der Waals surface area (Å²) in [6.45, 7) is -0.243. The Morgan fingerprint density at radius 1 is 1.19 bits per heavy atom. The number of nitrogens with zero attached hydrogens (tertiary/aromatic N) is 1. The summed E-state index contributed by atoms with van der Waals surface area (Å²) in [6.07, 6.45) is 1.69. The molecule has 0 aliphatic carbocycles. The molecule has 0 radical (unpaired) electrons. The summed E-state index contributed by atoms with van der Waals surface area (Å²) in [4.78, 5) is 25.8. The standard InChI is InChI=1S/C19H16N2O4S2/c1-24-15-9-5-3-7-13(15)21-18(23)16(27-19(21)26)10-12-6-2-4-8-14(12)25-11-17(20)22/h2-10H,11H2,1H3,(H2,20,22)/b16-10+. The van der Waals surface area contributed by atoms with Crippen LogP contribution < -0.4 is 20.1 Å². The number of amides is 2. The van der Waals surface area contributed by atoms with Crippen molar-refractivity contribution in [2.24, 2.45) is 5.73 Å². The first kappa shape index (κ1) is 18.9. The smallest absolute Gasteiger partial charge is 0.270 e. The zero-order valence-electron chi connectivity index (χ0n) is 14.4. The normalized spacial score (nSPS) is 15.3. The van der Waals surface area contributed by atoms with Gasteiger partial charge in [0.25, 0.3) is 11.8 Å². The number of anilines is 1. The molecule has 2 aromatic carbocycles. The van der Waals surface area contributed by atoms with Crippen LogP contribution in [0.2, 0.25) is 0 Å². The van der Waals surface area contributed by atoms with Gasteiger partial charge in [-0.15, -0.1) is 0 Å². The fourth-order valence-corrected chi connectivity index (χ4v) is 3.79. The highest BCUT2D eigenvalue weighted by atomic mass is 32.2. The van der Waals surface area contributed by atoms with E-state index in [1.54, 1.807) is 43.5 Å². The lowest BCUT2D eigenvalue weighted by atomic mass is 10.2. The number of carbonyl (C=O) groups excluding carboxylic acids is 2. The minimum atomic E-state index is -0.577. The number of nitrogens with two attached hydrogens (primary N) is 1. The maximum atomic E-state index is 12.9. The molecular weight excluding hydrogens is 384 g/mol. The van der Waals surface area contributed by atoms with E-state index in [2.05, 4.69) is 0 Å². The molecule has 27 heavy (non-hydrogen) atoms. The van der Waals surface area contributed by atoms with Gasteiger partial charge in [0.2, 0.25) is 0 Å². The van der Waals surface area contributed by atoms with Crippen molar-refractivity contribution in [3.63, 3.8) is 0 Å². The Hall–Kier alpha value is -2.84. The number of hydrogen-bond donors (Lipinski definition) is 1. The van der Waals surface area contributed by atoms with Crippen LogP contribution in [0.3, 0.4) is 0 Å². The van der Waals surface area contributed by atoms with E-state index in [4.69, 9.17) is 27.4 Å². The molecule has 1 aliphatic heterocycles. The van der Waals surface area contributed by atoms with Gasteiger partial charge in [0.1, 0.15) is 11.5 Å². The maximum Gasteiger partial charge on any atom is 0.270 e. The van der Waals surface area contributed by atoms with Crippen LogP contribution in [0.15, 0.2) is 53.4 Å². The number of primary amides is 1. The second-order valence-corrected chi connectivity index (χ2v) is 7.16.